The number of hydrogen-bond acceptors (Lipinski definition) is 6. The van der Waals surface area contributed by atoms with Crippen molar-refractivity contribution in [2.45, 2.75) is 0 Å². The second-order valence-corrected chi connectivity index (χ2v) is 13.2. The van der Waals surface area contributed by atoms with Gasteiger partial charge < -0.3 is 9.13 Å². The van der Waals surface area contributed by atoms with E-state index in [1.54, 1.807) is 22.7 Å². The topological polar surface area (TPSA) is 69.8 Å². The summed E-state index contributed by atoms with van der Waals surface area (Å²) in [6, 6.07) is 31.7. The summed E-state index contributed by atoms with van der Waals surface area (Å²) in [5.41, 5.74) is 6.68. The maximum Gasteiger partial charge on any atom is 0.197 e. The van der Waals surface area contributed by atoms with Crippen molar-refractivity contribution in [1.29, 1.82) is 0 Å². The first-order valence-electron chi connectivity index (χ1n) is 14.2. The number of aromatic nitrogens is 4. The van der Waals surface area contributed by atoms with Gasteiger partial charge in [0.2, 0.25) is 0 Å². The summed E-state index contributed by atoms with van der Waals surface area (Å²) in [5.74, 6) is 0. The molecule has 0 bridgehead atoms. The van der Waals surface area contributed by atoms with Crippen LogP contribution < -0.4 is 10.9 Å². The van der Waals surface area contributed by atoms with E-state index in [2.05, 4.69) is 12.1 Å². The number of pyridine rings is 2. The minimum absolute atomic E-state index is 0.0586. The van der Waals surface area contributed by atoms with Crippen molar-refractivity contribution in [3.8, 4) is 21.1 Å². The van der Waals surface area contributed by atoms with Gasteiger partial charge in [-0.1, -0.05) is 24.3 Å². The number of benzene rings is 5. The molecular formula is C36H22N4O2S2. The molecule has 0 saturated heterocycles. The van der Waals surface area contributed by atoms with Gasteiger partial charge in [0.25, 0.3) is 0 Å². The van der Waals surface area contributed by atoms with Crippen molar-refractivity contribution in [3.05, 3.63) is 118 Å². The smallest absolute Gasteiger partial charge is 0.197 e. The van der Waals surface area contributed by atoms with E-state index in [0.29, 0.717) is 21.5 Å². The van der Waals surface area contributed by atoms with E-state index in [-0.39, 0.29) is 10.9 Å². The Balaban J connectivity index is 1.27. The Bertz CT molecular complexity index is 2540. The highest BCUT2D eigenvalue weighted by molar-refractivity contribution is 7.22. The Morgan fingerprint density at radius 2 is 0.909 bits per heavy atom. The van der Waals surface area contributed by atoms with Gasteiger partial charge >= 0.3 is 0 Å². The van der Waals surface area contributed by atoms with Crippen LogP contribution in [0.15, 0.2) is 107 Å². The fraction of sp³-hybridized carbons (Fsp3) is 0.0556. The average molecular weight is 607 g/mol. The third-order valence-corrected chi connectivity index (χ3v) is 10.8. The van der Waals surface area contributed by atoms with Crippen LogP contribution in [0.4, 0.5) is 0 Å². The van der Waals surface area contributed by atoms with Crippen molar-refractivity contribution >= 4 is 86.7 Å². The minimum Gasteiger partial charge on any atom is -0.343 e. The maximum absolute atomic E-state index is 14.1. The van der Waals surface area contributed by atoms with E-state index in [0.717, 1.165) is 63.6 Å². The van der Waals surface area contributed by atoms with Gasteiger partial charge in [0.05, 0.1) is 42.5 Å². The van der Waals surface area contributed by atoms with Gasteiger partial charge in [0, 0.05) is 46.8 Å². The largest absolute Gasteiger partial charge is 0.343 e. The van der Waals surface area contributed by atoms with Crippen LogP contribution in [0, 0.1) is 0 Å². The van der Waals surface area contributed by atoms with Crippen molar-refractivity contribution in [2.75, 3.05) is 0 Å². The molecule has 0 aliphatic rings. The summed E-state index contributed by atoms with van der Waals surface area (Å²) >= 11 is 3.24. The molecule has 0 saturated carbocycles. The number of rotatable bonds is 2. The van der Waals surface area contributed by atoms with E-state index in [1.165, 1.54) is 0 Å². The van der Waals surface area contributed by atoms with E-state index < -0.39 is 0 Å². The van der Waals surface area contributed by atoms with Gasteiger partial charge in [0.15, 0.2) is 10.9 Å². The molecule has 9 rings (SSSR count). The summed E-state index contributed by atoms with van der Waals surface area (Å²) in [7, 11) is 3.90. The number of aryl methyl sites for hydroxylation is 2. The SMILES string of the molecule is Cn1c2ccc(-c3nc4ccccc4s3)cc2c(=O)c2cc3c(cc21)c(=O)c1cc(-c2nc4ccccc4s2)ccc1n3C. The van der Waals surface area contributed by atoms with Gasteiger partial charge in [-0.3, -0.25) is 9.59 Å². The third kappa shape index (κ3) is 3.58. The van der Waals surface area contributed by atoms with E-state index >= 15 is 0 Å². The molecule has 8 heteroatoms. The van der Waals surface area contributed by atoms with Crippen molar-refractivity contribution in [2.24, 2.45) is 14.1 Å². The molecule has 4 heterocycles. The van der Waals surface area contributed by atoms with Crippen molar-refractivity contribution < 1.29 is 0 Å². The molecule has 5 aromatic carbocycles. The number of thiazole rings is 2. The normalized spacial score (nSPS) is 12.0. The Morgan fingerprint density at radius 1 is 0.500 bits per heavy atom. The van der Waals surface area contributed by atoms with Gasteiger partial charge in [-0.25, -0.2) is 9.97 Å². The zero-order valence-corrected chi connectivity index (χ0v) is 25.3. The highest BCUT2D eigenvalue weighted by atomic mass is 32.1. The van der Waals surface area contributed by atoms with Crippen LogP contribution in [0.3, 0.4) is 0 Å². The molecular weight excluding hydrogens is 585 g/mol. The van der Waals surface area contributed by atoms with E-state index in [1.807, 2.05) is 108 Å². The van der Waals surface area contributed by atoms with Crippen LogP contribution in [0.1, 0.15) is 0 Å². The first-order chi connectivity index (χ1) is 21.4. The Labute approximate surface area is 257 Å². The molecule has 0 amide bonds. The minimum atomic E-state index is -0.0586. The molecule has 0 atom stereocenters. The second-order valence-electron chi connectivity index (χ2n) is 11.1. The molecule has 44 heavy (non-hydrogen) atoms. The molecule has 210 valence electrons. The highest BCUT2D eigenvalue weighted by Gasteiger charge is 2.17. The fourth-order valence-electron chi connectivity index (χ4n) is 6.32. The Hall–Kier alpha value is -5.18. The van der Waals surface area contributed by atoms with Gasteiger partial charge in [-0.2, -0.15) is 0 Å². The molecule has 4 aromatic heterocycles. The quantitative estimate of drug-likeness (QED) is 0.186. The van der Waals surface area contributed by atoms with Crippen LogP contribution >= 0.6 is 22.7 Å². The number of para-hydroxylation sites is 2. The summed E-state index contributed by atoms with van der Waals surface area (Å²) in [4.78, 5) is 37.7. The standard InChI is InChI=1S/C36H22N4O2S2/c1-39-27-13-11-19(35-37-25-7-3-5-9-31(25)43-35)15-21(27)33(41)23-18-30-24(17-29(23)39)34(42)22-16-20(12-14-28(22)40(30)2)36-38-26-8-4-6-10-32(26)44-36/h3-18H,1-2H3. The lowest BCUT2D eigenvalue weighted by Gasteiger charge is -2.15. The molecule has 0 aliphatic carbocycles. The van der Waals surface area contributed by atoms with Crippen LogP contribution in [-0.4, -0.2) is 19.1 Å². The van der Waals surface area contributed by atoms with Crippen LogP contribution in [-0.2, 0) is 14.1 Å². The maximum atomic E-state index is 14.1. The Kier molecular flexibility index (Phi) is 5.27. The lowest BCUT2D eigenvalue weighted by Crippen LogP contribution is -2.13. The summed E-state index contributed by atoms with van der Waals surface area (Å²) in [6.45, 7) is 0. The molecule has 9 aromatic rings. The van der Waals surface area contributed by atoms with Crippen LogP contribution in [0.5, 0.6) is 0 Å². The lowest BCUT2D eigenvalue weighted by atomic mass is 10.0. The number of nitrogens with zero attached hydrogens (tertiary/aromatic N) is 4. The van der Waals surface area contributed by atoms with Crippen molar-refractivity contribution in [1.82, 2.24) is 19.1 Å². The predicted molar refractivity (Wildman–Crippen MR) is 184 cm³/mol. The van der Waals surface area contributed by atoms with E-state index in [4.69, 9.17) is 9.97 Å². The van der Waals surface area contributed by atoms with Crippen molar-refractivity contribution in [3.63, 3.8) is 0 Å². The second kappa shape index (κ2) is 9.16. The molecule has 0 spiro atoms. The molecule has 0 N–H and O–H groups in total. The Morgan fingerprint density at radius 3 is 1.34 bits per heavy atom. The average Bonchev–Trinajstić information content (AvgIpc) is 3.70. The molecule has 0 aliphatic heterocycles. The zero-order valence-electron chi connectivity index (χ0n) is 23.7. The molecule has 0 radical (unpaired) electrons. The van der Waals surface area contributed by atoms with Gasteiger partial charge in [-0.05, 0) is 72.8 Å². The van der Waals surface area contributed by atoms with Gasteiger partial charge in [0.1, 0.15) is 10.0 Å². The third-order valence-electron chi connectivity index (χ3n) is 8.61. The highest BCUT2D eigenvalue weighted by Crippen LogP contribution is 2.34. The molecule has 0 fully saturated rings. The first-order valence-corrected chi connectivity index (χ1v) is 15.8. The number of hydrogen-bond donors (Lipinski definition) is 0. The summed E-state index contributed by atoms with van der Waals surface area (Å²) < 4.78 is 6.24. The summed E-state index contributed by atoms with van der Waals surface area (Å²) in [6.07, 6.45) is 0. The fourth-order valence-corrected chi connectivity index (χ4v) is 8.25. The monoisotopic (exact) mass is 606 g/mol. The first kappa shape index (κ1) is 25.3. The molecule has 0 unspecified atom stereocenters. The summed E-state index contributed by atoms with van der Waals surface area (Å²) in [5, 5.41) is 4.18. The van der Waals surface area contributed by atoms with Crippen LogP contribution in [0.2, 0.25) is 0 Å². The predicted octanol–water partition coefficient (Wildman–Crippen LogP) is 8.25. The van der Waals surface area contributed by atoms with Crippen LogP contribution in [0.25, 0.3) is 85.2 Å². The van der Waals surface area contributed by atoms with E-state index in [9.17, 15) is 9.59 Å². The molecule has 6 nitrogen and oxygen atoms in total. The van der Waals surface area contributed by atoms with Gasteiger partial charge in [-0.15, -0.1) is 22.7 Å². The zero-order chi connectivity index (χ0) is 29.7. The number of fused-ring (bicyclic) bond motifs is 6. The lowest BCUT2D eigenvalue weighted by molar-refractivity contribution is 0.994.